The molecule has 5 rings (SSSR count). The van der Waals surface area contributed by atoms with Crippen molar-refractivity contribution in [2.24, 2.45) is 4.99 Å². The number of anilines is 1. The number of hydrogen-bond acceptors (Lipinski definition) is 3. The van der Waals surface area contributed by atoms with E-state index in [1.807, 2.05) is 30.7 Å². The first kappa shape index (κ1) is 19.4. The Bertz CT molecular complexity index is 1360. The fourth-order valence-electron chi connectivity index (χ4n) is 4.06. The summed E-state index contributed by atoms with van der Waals surface area (Å²) in [5, 5.41) is 0.968. The van der Waals surface area contributed by atoms with Gasteiger partial charge in [0.05, 0.1) is 22.1 Å². The van der Waals surface area contributed by atoms with E-state index in [0.717, 1.165) is 24.2 Å². The summed E-state index contributed by atoms with van der Waals surface area (Å²) in [6.07, 6.45) is 3.81. The summed E-state index contributed by atoms with van der Waals surface area (Å²) < 4.78 is 33.2. The van der Waals surface area contributed by atoms with Crippen molar-refractivity contribution in [2.75, 3.05) is 5.73 Å². The Morgan fingerprint density at radius 3 is 2.32 bits per heavy atom. The van der Waals surface area contributed by atoms with E-state index in [1.165, 1.54) is 6.07 Å². The van der Waals surface area contributed by atoms with Gasteiger partial charge in [-0.25, -0.2) is 13.8 Å². The lowest BCUT2D eigenvalue weighted by Crippen LogP contribution is -2.12. The molecule has 2 aromatic heterocycles. The number of rotatable bonds is 3. The van der Waals surface area contributed by atoms with Crippen molar-refractivity contribution < 1.29 is 8.78 Å². The largest absolute Gasteiger partial charge is 0.399 e. The fraction of sp³-hybridized carbons (Fsp3) is 0.200. The van der Waals surface area contributed by atoms with Crippen molar-refractivity contribution in [2.45, 2.75) is 32.7 Å². The Balaban J connectivity index is 1.82. The molecule has 1 fully saturated rings. The topological polar surface area (TPSA) is 56.2 Å². The third-order valence-electron chi connectivity index (χ3n) is 5.57. The van der Waals surface area contributed by atoms with Gasteiger partial charge in [0.2, 0.25) is 0 Å². The minimum absolute atomic E-state index is 0.0277. The highest BCUT2D eigenvalue weighted by molar-refractivity contribution is 5.86. The van der Waals surface area contributed by atoms with Crippen LogP contribution < -0.4 is 11.1 Å². The third-order valence-corrected chi connectivity index (χ3v) is 5.57. The van der Waals surface area contributed by atoms with Crippen molar-refractivity contribution in [3.8, 4) is 11.1 Å². The molecule has 0 radical (unpaired) electrons. The maximum atomic E-state index is 16.0. The Labute approximate surface area is 178 Å². The van der Waals surface area contributed by atoms with Crippen LogP contribution in [0.3, 0.4) is 0 Å². The maximum absolute atomic E-state index is 16.0. The highest BCUT2D eigenvalue weighted by Crippen LogP contribution is 2.39. The van der Waals surface area contributed by atoms with Crippen molar-refractivity contribution in [3.63, 3.8) is 0 Å². The molecule has 6 heteroatoms. The number of nitrogen functional groups attached to an aromatic ring is 1. The second-order valence-electron chi connectivity index (χ2n) is 8.12. The van der Waals surface area contributed by atoms with Crippen LogP contribution in [-0.4, -0.2) is 9.55 Å². The van der Waals surface area contributed by atoms with E-state index in [1.54, 1.807) is 36.4 Å². The van der Waals surface area contributed by atoms with Crippen LogP contribution in [0.5, 0.6) is 0 Å². The van der Waals surface area contributed by atoms with E-state index in [-0.39, 0.29) is 11.6 Å². The molecule has 0 saturated heterocycles. The van der Waals surface area contributed by atoms with Gasteiger partial charge in [0.25, 0.3) is 0 Å². The van der Waals surface area contributed by atoms with Gasteiger partial charge >= 0.3 is 0 Å². The molecule has 2 heterocycles. The number of halogens is 2. The SMILES string of the molecule is Cc1cc(-c2c(F)cc3c(=Nc4ccc(N)cc4)ccn(C4CC4)c3c2F)cc(C)n1. The first-order valence-electron chi connectivity index (χ1n) is 10.3. The quantitative estimate of drug-likeness (QED) is 0.433. The van der Waals surface area contributed by atoms with Gasteiger partial charge in [0, 0.05) is 34.7 Å². The standard InChI is InChI=1S/C25H22F2N4/c1-14-11-16(12-15(2)29-14)23-21(26)13-20-22(30-18-5-3-17(28)4-6-18)9-10-31(19-7-8-19)25(20)24(23)27/h3-6,9-13,19H,7-8,28H2,1-2H3. The second kappa shape index (κ2) is 7.30. The molecule has 0 amide bonds. The van der Waals surface area contributed by atoms with Gasteiger partial charge in [-0.15, -0.1) is 0 Å². The molecule has 4 aromatic rings. The number of hydrogen-bond donors (Lipinski definition) is 1. The van der Waals surface area contributed by atoms with Crippen LogP contribution in [0.4, 0.5) is 20.2 Å². The Hall–Kier alpha value is -3.54. The van der Waals surface area contributed by atoms with Crippen molar-refractivity contribution in [1.29, 1.82) is 0 Å². The van der Waals surface area contributed by atoms with E-state index in [9.17, 15) is 0 Å². The Kier molecular flexibility index (Phi) is 4.58. The van der Waals surface area contributed by atoms with E-state index >= 15 is 8.78 Å². The van der Waals surface area contributed by atoms with Crippen LogP contribution >= 0.6 is 0 Å². The van der Waals surface area contributed by atoms with E-state index in [2.05, 4.69) is 9.98 Å². The fourth-order valence-corrected chi connectivity index (χ4v) is 4.06. The van der Waals surface area contributed by atoms with Crippen LogP contribution in [0, 0.1) is 25.5 Å². The second-order valence-corrected chi connectivity index (χ2v) is 8.12. The lowest BCUT2D eigenvalue weighted by atomic mass is 10.0. The molecule has 0 unspecified atom stereocenters. The van der Waals surface area contributed by atoms with Gasteiger partial charge in [-0.2, -0.15) is 0 Å². The van der Waals surface area contributed by atoms with Gasteiger partial charge in [-0.3, -0.25) is 4.98 Å². The monoisotopic (exact) mass is 416 g/mol. The van der Waals surface area contributed by atoms with E-state index in [4.69, 9.17) is 5.73 Å². The van der Waals surface area contributed by atoms with Crippen molar-refractivity contribution in [1.82, 2.24) is 9.55 Å². The predicted molar refractivity (Wildman–Crippen MR) is 119 cm³/mol. The Morgan fingerprint density at radius 1 is 1.00 bits per heavy atom. The van der Waals surface area contributed by atoms with Crippen LogP contribution in [-0.2, 0) is 0 Å². The number of aromatic nitrogens is 2. The van der Waals surface area contributed by atoms with Crippen LogP contribution in [0.1, 0.15) is 30.3 Å². The van der Waals surface area contributed by atoms with Gasteiger partial charge in [-0.05, 0) is 80.8 Å². The summed E-state index contributed by atoms with van der Waals surface area (Å²) in [5.41, 5.74) is 9.34. The molecular weight excluding hydrogens is 394 g/mol. The number of nitrogens with zero attached hydrogens (tertiary/aromatic N) is 3. The van der Waals surface area contributed by atoms with Gasteiger partial charge in [0.1, 0.15) is 5.82 Å². The zero-order valence-corrected chi connectivity index (χ0v) is 17.4. The number of aryl methyl sites for hydroxylation is 2. The van der Waals surface area contributed by atoms with Gasteiger partial charge < -0.3 is 10.3 Å². The minimum Gasteiger partial charge on any atom is -0.399 e. The van der Waals surface area contributed by atoms with E-state index in [0.29, 0.717) is 33.2 Å². The first-order chi connectivity index (χ1) is 14.9. The molecule has 31 heavy (non-hydrogen) atoms. The average Bonchev–Trinajstić information content (AvgIpc) is 3.54. The van der Waals surface area contributed by atoms with Crippen molar-refractivity contribution in [3.05, 3.63) is 83.1 Å². The Morgan fingerprint density at radius 2 is 1.68 bits per heavy atom. The summed E-state index contributed by atoms with van der Waals surface area (Å²) >= 11 is 0. The summed E-state index contributed by atoms with van der Waals surface area (Å²) in [5.74, 6) is -1.18. The molecular formula is C25H22F2N4. The normalized spacial score (nSPS) is 14.4. The zero-order valence-electron chi connectivity index (χ0n) is 17.4. The summed E-state index contributed by atoms with van der Waals surface area (Å²) in [6, 6.07) is 13.9. The van der Waals surface area contributed by atoms with E-state index < -0.39 is 11.6 Å². The molecule has 4 nitrogen and oxygen atoms in total. The molecule has 2 aromatic carbocycles. The molecule has 0 bridgehead atoms. The lowest BCUT2D eigenvalue weighted by molar-refractivity contribution is 0.589. The van der Waals surface area contributed by atoms with Crippen LogP contribution in [0.2, 0.25) is 0 Å². The zero-order chi connectivity index (χ0) is 21.7. The highest BCUT2D eigenvalue weighted by Gasteiger charge is 2.27. The molecule has 1 saturated carbocycles. The molecule has 0 atom stereocenters. The number of pyridine rings is 2. The predicted octanol–water partition coefficient (Wildman–Crippen LogP) is 5.75. The molecule has 2 N–H and O–H groups in total. The molecule has 0 spiro atoms. The number of fused-ring (bicyclic) bond motifs is 1. The molecule has 1 aliphatic carbocycles. The average molecular weight is 416 g/mol. The first-order valence-corrected chi connectivity index (χ1v) is 10.3. The van der Waals surface area contributed by atoms with Crippen LogP contribution in [0.25, 0.3) is 22.0 Å². The summed E-state index contributed by atoms with van der Waals surface area (Å²) in [7, 11) is 0. The highest BCUT2D eigenvalue weighted by atomic mass is 19.1. The molecule has 0 aliphatic heterocycles. The van der Waals surface area contributed by atoms with Crippen LogP contribution in [0.15, 0.2) is 59.7 Å². The van der Waals surface area contributed by atoms with Crippen molar-refractivity contribution >= 4 is 22.3 Å². The maximum Gasteiger partial charge on any atom is 0.158 e. The van der Waals surface area contributed by atoms with Gasteiger partial charge in [-0.1, -0.05) is 0 Å². The summed E-state index contributed by atoms with van der Waals surface area (Å²) in [4.78, 5) is 8.96. The number of benzene rings is 2. The minimum atomic E-state index is -0.614. The smallest absolute Gasteiger partial charge is 0.158 e. The third kappa shape index (κ3) is 3.58. The van der Waals surface area contributed by atoms with Gasteiger partial charge in [0.15, 0.2) is 5.82 Å². The molecule has 156 valence electrons. The molecule has 1 aliphatic rings. The number of nitrogens with two attached hydrogens (primary N) is 1. The summed E-state index contributed by atoms with van der Waals surface area (Å²) in [6.45, 7) is 3.64. The lowest BCUT2D eigenvalue weighted by Gasteiger charge is -2.15.